The first kappa shape index (κ1) is 14.0. The first-order valence-electron chi connectivity index (χ1n) is 7.39. The summed E-state index contributed by atoms with van der Waals surface area (Å²) in [6, 6.07) is 2.41. The van der Waals surface area contributed by atoms with Crippen molar-refractivity contribution in [1.82, 2.24) is 25.2 Å². The normalized spacial score (nSPS) is 16.1. The van der Waals surface area contributed by atoms with Crippen LogP contribution in [0.15, 0.2) is 12.3 Å². The van der Waals surface area contributed by atoms with Gasteiger partial charge in [-0.3, -0.25) is 4.79 Å². The highest BCUT2D eigenvalue weighted by Gasteiger charge is 2.23. The van der Waals surface area contributed by atoms with E-state index in [1.165, 1.54) is 0 Å². The van der Waals surface area contributed by atoms with E-state index in [0.29, 0.717) is 12.6 Å². The molecule has 112 valence electrons. The highest BCUT2D eigenvalue weighted by Crippen LogP contribution is 2.19. The van der Waals surface area contributed by atoms with E-state index < -0.39 is 0 Å². The minimum absolute atomic E-state index is 0.0522. The predicted molar refractivity (Wildman–Crippen MR) is 80.0 cm³/mol. The quantitative estimate of drug-likeness (QED) is 0.869. The monoisotopic (exact) mass is 287 g/mol. The summed E-state index contributed by atoms with van der Waals surface area (Å²) in [7, 11) is 0. The molecule has 6 nitrogen and oxygen atoms in total. The van der Waals surface area contributed by atoms with E-state index in [0.717, 1.165) is 35.4 Å². The maximum Gasteiger partial charge on any atom is 0.234 e. The largest absolute Gasteiger partial charge is 0.352 e. The lowest BCUT2D eigenvalue weighted by atomic mass is 10.1. The lowest BCUT2D eigenvalue weighted by Crippen LogP contribution is -2.36. The number of aromatic nitrogens is 3. The minimum atomic E-state index is 0.0522. The van der Waals surface area contributed by atoms with Gasteiger partial charge in [0.1, 0.15) is 0 Å². The van der Waals surface area contributed by atoms with Crippen molar-refractivity contribution >= 4 is 11.6 Å². The second kappa shape index (κ2) is 5.44. The van der Waals surface area contributed by atoms with E-state index in [4.69, 9.17) is 0 Å². The smallest absolute Gasteiger partial charge is 0.234 e. The molecule has 0 saturated heterocycles. The molecular formula is C15H21N5O. The van der Waals surface area contributed by atoms with Crippen LogP contribution in [0.25, 0.3) is 5.65 Å². The maximum absolute atomic E-state index is 11.7. The van der Waals surface area contributed by atoms with Gasteiger partial charge in [0.25, 0.3) is 0 Å². The standard InChI is InChI=1S/C15H21N5O/c1-9-6-14-17-7-13(11(3)20(14)19-9)10(2)16-8-15(21)18-12-4-5-12/h6-7,10,12,16H,4-5,8H2,1-3H3,(H,18,21). The molecule has 0 aliphatic heterocycles. The fourth-order valence-corrected chi connectivity index (χ4v) is 2.46. The van der Waals surface area contributed by atoms with E-state index in [-0.39, 0.29) is 11.9 Å². The minimum Gasteiger partial charge on any atom is -0.352 e. The van der Waals surface area contributed by atoms with Gasteiger partial charge in [-0.15, -0.1) is 0 Å². The summed E-state index contributed by atoms with van der Waals surface area (Å²) < 4.78 is 1.85. The Labute approximate surface area is 123 Å². The second-order valence-corrected chi connectivity index (χ2v) is 5.80. The van der Waals surface area contributed by atoms with Gasteiger partial charge in [0.05, 0.1) is 12.2 Å². The lowest BCUT2D eigenvalue weighted by Gasteiger charge is -2.16. The SMILES string of the molecule is Cc1cc2ncc(C(C)NCC(=O)NC3CC3)c(C)n2n1. The van der Waals surface area contributed by atoms with Gasteiger partial charge in [-0.05, 0) is 33.6 Å². The number of carbonyl (C=O) groups excluding carboxylic acids is 1. The van der Waals surface area contributed by atoms with Gasteiger partial charge >= 0.3 is 0 Å². The molecule has 0 aromatic carbocycles. The Kier molecular flexibility index (Phi) is 3.63. The molecule has 1 aliphatic rings. The molecular weight excluding hydrogens is 266 g/mol. The van der Waals surface area contributed by atoms with E-state index in [1.807, 2.05) is 37.5 Å². The number of nitrogens with zero attached hydrogens (tertiary/aromatic N) is 3. The van der Waals surface area contributed by atoms with Crippen LogP contribution in [0.5, 0.6) is 0 Å². The third kappa shape index (κ3) is 3.05. The van der Waals surface area contributed by atoms with Crippen molar-refractivity contribution in [3.8, 4) is 0 Å². The van der Waals surface area contributed by atoms with Crippen molar-refractivity contribution in [1.29, 1.82) is 0 Å². The fourth-order valence-electron chi connectivity index (χ4n) is 2.46. The zero-order chi connectivity index (χ0) is 15.0. The van der Waals surface area contributed by atoms with Crippen LogP contribution in [0.4, 0.5) is 0 Å². The molecule has 6 heteroatoms. The third-order valence-corrected chi connectivity index (χ3v) is 3.86. The van der Waals surface area contributed by atoms with Gasteiger partial charge in [-0.2, -0.15) is 5.10 Å². The Morgan fingerprint density at radius 3 is 2.95 bits per heavy atom. The number of hydrogen-bond acceptors (Lipinski definition) is 4. The number of aryl methyl sites for hydroxylation is 2. The predicted octanol–water partition coefficient (Wildman–Crippen LogP) is 1.28. The van der Waals surface area contributed by atoms with Crippen molar-refractivity contribution < 1.29 is 4.79 Å². The topological polar surface area (TPSA) is 71.3 Å². The molecule has 1 aliphatic carbocycles. The highest BCUT2D eigenvalue weighted by atomic mass is 16.2. The number of carbonyl (C=O) groups is 1. The molecule has 1 amide bonds. The molecule has 1 unspecified atom stereocenters. The van der Waals surface area contributed by atoms with Crippen molar-refractivity contribution in [2.75, 3.05) is 6.54 Å². The Hall–Kier alpha value is -1.95. The summed E-state index contributed by atoms with van der Waals surface area (Å²) in [5, 5.41) is 10.7. The first-order valence-corrected chi connectivity index (χ1v) is 7.39. The van der Waals surface area contributed by atoms with Gasteiger partial charge in [0.15, 0.2) is 5.65 Å². The summed E-state index contributed by atoms with van der Waals surface area (Å²) in [4.78, 5) is 16.2. The molecule has 1 saturated carbocycles. The van der Waals surface area contributed by atoms with Gasteiger partial charge in [0.2, 0.25) is 5.91 Å². The summed E-state index contributed by atoms with van der Waals surface area (Å²) >= 11 is 0. The second-order valence-electron chi connectivity index (χ2n) is 5.80. The van der Waals surface area contributed by atoms with Crippen molar-refractivity contribution in [2.24, 2.45) is 0 Å². The summed E-state index contributed by atoms with van der Waals surface area (Å²) in [5.74, 6) is 0.0611. The molecule has 0 bridgehead atoms. The molecule has 2 N–H and O–H groups in total. The summed E-state index contributed by atoms with van der Waals surface area (Å²) in [5.41, 5.74) is 3.92. The van der Waals surface area contributed by atoms with Crippen LogP contribution in [0.1, 0.15) is 42.8 Å². The molecule has 3 rings (SSSR count). The summed E-state index contributed by atoms with van der Waals surface area (Å²) in [6.07, 6.45) is 4.08. The number of rotatable bonds is 5. The Morgan fingerprint density at radius 1 is 1.48 bits per heavy atom. The van der Waals surface area contributed by atoms with Crippen molar-refractivity contribution in [3.63, 3.8) is 0 Å². The van der Waals surface area contributed by atoms with Gasteiger partial charge in [0, 0.05) is 35.6 Å². The molecule has 0 spiro atoms. The molecule has 1 fully saturated rings. The fraction of sp³-hybridized carbons (Fsp3) is 0.533. The average molecular weight is 287 g/mol. The van der Waals surface area contributed by atoms with E-state index in [9.17, 15) is 4.79 Å². The van der Waals surface area contributed by atoms with Gasteiger partial charge in [-0.25, -0.2) is 9.50 Å². The van der Waals surface area contributed by atoms with E-state index >= 15 is 0 Å². The van der Waals surface area contributed by atoms with Gasteiger partial charge in [-0.1, -0.05) is 0 Å². The van der Waals surface area contributed by atoms with Crippen molar-refractivity contribution in [3.05, 3.63) is 29.2 Å². The van der Waals surface area contributed by atoms with E-state index in [1.54, 1.807) is 0 Å². The Balaban J connectivity index is 1.69. The number of fused-ring (bicyclic) bond motifs is 1. The van der Waals surface area contributed by atoms with Crippen LogP contribution in [-0.4, -0.2) is 33.1 Å². The van der Waals surface area contributed by atoms with Crippen LogP contribution in [0.3, 0.4) is 0 Å². The number of nitrogens with one attached hydrogen (secondary N) is 2. The third-order valence-electron chi connectivity index (χ3n) is 3.86. The number of amides is 1. The zero-order valence-electron chi connectivity index (χ0n) is 12.7. The zero-order valence-corrected chi connectivity index (χ0v) is 12.7. The van der Waals surface area contributed by atoms with Crippen LogP contribution in [0, 0.1) is 13.8 Å². The van der Waals surface area contributed by atoms with Gasteiger partial charge < -0.3 is 10.6 Å². The molecule has 21 heavy (non-hydrogen) atoms. The molecule has 2 heterocycles. The summed E-state index contributed by atoms with van der Waals surface area (Å²) in [6.45, 7) is 6.35. The van der Waals surface area contributed by atoms with Crippen molar-refractivity contribution in [2.45, 2.75) is 45.7 Å². The lowest BCUT2D eigenvalue weighted by molar-refractivity contribution is -0.120. The Bertz CT molecular complexity index is 674. The van der Waals surface area contributed by atoms with E-state index in [2.05, 4.69) is 20.7 Å². The average Bonchev–Trinajstić information content (AvgIpc) is 3.16. The highest BCUT2D eigenvalue weighted by molar-refractivity contribution is 5.78. The maximum atomic E-state index is 11.7. The number of hydrogen-bond donors (Lipinski definition) is 2. The molecule has 0 radical (unpaired) electrons. The first-order chi connectivity index (χ1) is 10.0. The van der Waals surface area contributed by atoms with Crippen LogP contribution in [-0.2, 0) is 4.79 Å². The van der Waals surface area contributed by atoms with Crippen LogP contribution >= 0.6 is 0 Å². The van der Waals surface area contributed by atoms with Crippen LogP contribution in [0.2, 0.25) is 0 Å². The molecule has 2 aromatic rings. The van der Waals surface area contributed by atoms with Crippen LogP contribution < -0.4 is 10.6 Å². The molecule has 2 aromatic heterocycles. The Morgan fingerprint density at radius 2 is 2.24 bits per heavy atom. The molecule has 1 atom stereocenters.